The fourth-order valence-electron chi connectivity index (χ4n) is 1.38. The summed E-state index contributed by atoms with van der Waals surface area (Å²) in [5, 5.41) is 4.12. The smallest absolute Gasteiger partial charge is 0.141 e. The molecule has 0 N–H and O–H groups in total. The van der Waals surface area contributed by atoms with Gasteiger partial charge < -0.3 is 0 Å². The van der Waals surface area contributed by atoms with Crippen molar-refractivity contribution in [3.8, 4) is 0 Å². The van der Waals surface area contributed by atoms with E-state index >= 15 is 0 Å². The van der Waals surface area contributed by atoms with Crippen molar-refractivity contribution < 1.29 is 0 Å². The van der Waals surface area contributed by atoms with Crippen molar-refractivity contribution in [3.63, 3.8) is 0 Å². The number of hydrogen-bond donors (Lipinski definition) is 0. The van der Waals surface area contributed by atoms with E-state index < -0.39 is 0 Å². The van der Waals surface area contributed by atoms with Gasteiger partial charge in [-0.1, -0.05) is 18.1 Å². The van der Waals surface area contributed by atoms with Crippen LogP contribution in [-0.4, -0.2) is 24.9 Å². The van der Waals surface area contributed by atoms with Crippen molar-refractivity contribution in [3.05, 3.63) is 47.9 Å². The summed E-state index contributed by atoms with van der Waals surface area (Å²) in [6.45, 7) is 3.93. The van der Waals surface area contributed by atoms with E-state index in [-0.39, 0.29) is 0 Å². The van der Waals surface area contributed by atoms with E-state index in [0.717, 1.165) is 5.70 Å². The van der Waals surface area contributed by atoms with Crippen molar-refractivity contribution >= 4 is 7.85 Å². The molecule has 0 amide bonds. The number of likely N-dealkylation sites (N-methyl/N-ethyl adjacent to an activating group) is 1. The van der Waals surface area contributed by atoms with Crippen LogP contribution in [0.15, 0.2) is 47.9 Å². The monoisotopic (exact) mass is 158 g/mol. The highest BCUT2D eigenvalue weighted by molar-refractivity contribution is 6.23. The summed E-state index contributed by atoms with van der Waals surface area (Å²) in [5.41, 5.74) is 3.47. The molecule has 0 aromatic heterocycles. The molecule has 0 saturated heterocycles. The van der Waals surface area contributed by atoms with Crippen molar-refractivity contribution in [2.75, 3.05) is 7.05 Å². The first-order chi connectivity index (χ1) is 5.68. The lowest BCUT2D eigenvalue weighted by Gasteiger charge is -2.29. The molecular formula is C9H11BN2. The molecule has 0 aromatic carbocycles. The molecule has 0 aromatic rings. The van der Waals surface area contributed by atoms with E-state index in [4.69, 9.17) is 0 Å². The van der Waals surface area contributed by atoms with Crippen LogP contribution < -0.4 is 0 Å². The number of allylic oxidation sites excluding steroid dienone is 4. The van der Waals surface area contributed by atoms with E-state index in [1.165, 1.54) is 11.2 Å². The van der Waals surface area contributed by atoms with E-state index in [1.54, 1.807) is 0 Å². The molecule has 2 rings (SSSR count). The second-order valence-electron chi connectivity index (χ2n) is 3.14. The third kappa shape index (κ3) is 0.898. The van der Waals surface area contributed by atoms with Gasteiger partial charge >= 0.3 is 0 Å². The first-order valence-corrected chi connectivity index (χ1v) is 3.98. The van der Waals surface area contributed by atoms with Gasteiger partial charge in [0.05, 0.1) is 11.4 Å². The van der Waals surface area contributed by atoms with Crippen LogP contribution in [-0.2, 0) is 0 Å². The Bertz CT molecular complexity index is 325. The van der Waals surface area contributed by atoms with Crippen molar-refractivity contribution in [1.29, 1.82) is 0 Å². The zero-order chi connectivity index (χ0) is 8.72. The molecule has 12 heavy (non-hydrogen) atoms. The molecule has 0 unspecified atom stereocenters. The van der Waals surface area contributed by atoms with Gasteiger partial charge in [0.15, 0.2) is 0 Å². The summed E-state index contributed by atoms with van der Waals surface area (Å²) in [4.78, 5) is 0. The minimum Gasteiger partial charge on any atom is -0.285 e. The number of hydrogen-bond acceptors (Lipinski definition) is 2. The molecule has 3 heteroatoms. The van der Waals surface area contributed by atoms with Crippen molar-refractivity contribution in [1.82, 2.24) is 10.0 Å². The van der Waals surface area contributed by atoms with Gasteiger partial charge in [0.25, 0.3) is 0 Å². The predicted octanol–water partition coefficient (Wildman–Crippen LogP) is 0.591. The van der Waals surface area contributed by atoms with Crippen LogP contribution in [0.25, 0.3) is 0 Å². The topological polar surface area (TPSA) is 6.48 Å². The highest BCUT2D eigenvalue weighted by Gasteiger charge is 2.20. The van der Waals surface area contributed by atoms with Crippen LogP contribution in [0.4, 0.5) is 0 Å². The molecule has 2 nitrogen and oxygen atoms in total. The minimum atomic E-state index is 1.03. The normalized spacial score (nSPS) is 20.9. The lowest BCUT2D eigenvalue weighted by Crippen LogP contribution is -2.29. The summed E-state index contributed by atoms with van der Waals surface area (Å²) in [5.74, 6) is 0. The molecule has 2 aliphatic rings. The largest absolute Gasteiger partial charge is 0.285 e. The lowest BCUT2D eigenvalue weighted by atomic mass is 9.95. The van der Waals surface area contributed by atoms with Gasteiger partial charge in [-0.05, 0) is 12.2 Å². The standard InChI is InChI=1S/C9H11BN2/c1-7-5-9-4-3-8(10)6-12(9)11(7)2/h3-6H,1,10H2,2H3. The molecule has 0 aliphatic carbocycles. The fourth-order valence-corrected chi connectivity index (χ4v) is 1.38. The SMILES string of the molecule is BC1=CN2C(=CC(=C)N2C)C=C1. The van der Waals surface area contributed by atoms with Gasteiger partial charge in [0.2, 0.25) is 0 Å². The average molecular weight is 158 g/mol. The van der Waals surface area contributed by atoms with E-state index in [2.05, 4.69) is 43.9 Å². The molecular weight excluding hydrogens is 147 g/mol. The zero-order valence-corrected chi connectivity index (χ0v) is 7.41. The third-order valence-corrected chi connectivity index (χ3v) is 2.16. The number of hydrazine groups is 1. The van der Waals surface area contributed by atoms with Crippen LogP contribution >= 0.6 is 0 Å². The second-order valence-corrected chi connectivity index (χ2v) is 3.14. The maximum absolute atomic E-state index is 3.93. The van der Waals surface area contributed by atoms with Crippen LogP contribution in [0.3, 0.4) is 0 Å². The Morgan fingerprint density at radius 3 is 2.92 bits per heavy atom. The first kappa shape index (κ1) is 7.28. The first-order valence-electron chi connectivity index (χ1n) is 3.98. The quantitative estimate of drug-likeness (QED) is 0.476. The Morgan fingerprint density at radius 2 is 2.17 bits per heavy atom. The summed E-state index contributed by atoms with van der Waals surface area (Å²) < 4.78 is 0. The van der Waals surface area contributed by atoms with Gasteiger partial charge in [0, 0.05) is 13.2 Å². The highest BCUT2D eigenvalue weighted by Crippen LogP contribution is 2.26. The van der Waals surface area contributed by atoms with Crippen LogP contribution in [0.1, 0.15) is 0 Å². The maximum Gasteiger partial charge on any atom is 0.141 e. The Morgan fingerprint density at radius 1 is 1.42 bits per heavy atom. The van der Waals surface area contributed by atoms with Gasteiger partial charge in [-0.15, -0.1) is 0 Å². The van der Waals surface area contributed by atoms with Gasteiger partial charge in [-0.25, -0.2) is 0 Å². The van der Waals surface area contributed by atoms with Crippen LogP contribution in [0, 0.1) is 0 Å². The molecule has 0 bridgehead atoms. The number of fused-ring (bicyclic) bond motifs is 1. The fraction of sp³-hybridized carbons (Fsp3) is 0.111. The molecule has 60 valence electrons. The Kier molecular flexibility index (Phi) is 1.40. The molecule has 0 fully saturated rings. The van der Waals surface area contributed by atoms with Crippen LogP contribution in [0.5, 0.6) is 0 Å². The van der Waals surface area contributed by atoms with Gasteiger partial charge in [-0.2, -0.15) is 0 Å². The molecule has 0 saturated carbocycles. The number of nitrogens with zero attached hydrogens (tertiary/aromatic N) is 2. The van der Waals surface area contributed by atoms with E-state index in [9.17, 15) is 0 Å². The minimum absolute atomic E-state index is 1.03. The van der Waals surface area contributed by atoms with Gasteiger partial charge in [0.1, 0.15) is 7.85 Å². The molecule has 2 aliphatic heterocycles. The predicted molar refractivity (Wildman–Crippen MR) is 52.6 cm³/mol. The van der Waals surface area contributed by atoms with E-state index in [0.29, 0.717) is 0 Å². The average Bonchev–Trinajstić information content (AvgIpc) is 2.31. The lowest BCUT2D eigenvalue weighted by molar-refractivity contribution is 0.165. The second kappa shape index (κ2) is 2.30. The van der Waals surface area contributed by atoms with Crippen molar-refractivity contribution in [2.45, 2.75) is 0 Å². The third-order valence-electron chi connectivity index (χ3n) is 2.16. The molecule has 2 heterocycles. The molecule has 0 radical (unpaired) electrons. The Hall–Kier alpha value is -1.38. The van der Waals surface area contributed by atoms with E-state index in [1.807, 2.05) is 12.1 Å². The van der Waals surface area contributed by atoms with Crippen molar-refractivity contribution in [2.24, 2.45) is 0 Å². The Labute approximate surface area is 73.5 Å². The summed E-state index contributed by atoms with van der Waals surface area (Å²) in [6.07, 6.45) is 8.38. The Balaban J connectivity index is 2.40. The summed E-state index contributed by atoms with van der Waals surface area (Å²) >= 11 is 0. The molecule has 0 spiro atoms. The maximum atomic E-state index is 3.93. The van der Waals surface area contributed by atoms with Crippen LogP contribution in [0.2, 0.25) is 0 Å². The highest BCUT2D eigenvalue weighted by atomic mass is 15.6. The number of rotatable bonds is 0. The summed E-state index contributed by atoms with van der Waals surface area (Å²) in [7, 11) is 4.09. The van der Waals surface area contributed by atoms with Gasteiger partial charge in [-0.3, -0.25) is 10.0 Å². The summed E-state index contributed by atoms with van der Waals surface area (Å²) in [6, 6.07) is 0. The zero-order valence-electron chi connectivity index (χ0n) is 7.41. The molecule has 0 atom stereocenters.